The third-order valence-electron chi connectivity index (χ3n) is 6.94. The van der Waals surface area contributed by atoms with Crippen LogP contribution in [0.3, 0.4) is 0 Å². The lowest BCUT2D eigenvalue weighted by Gasteiger charge is -2.39. The molecule has 0 saturated heterocycles. The Morgan fingerprint density at radius 3 is 2.60 bits per heavy atom. The first-order chi connectivity index (χ1) is 14.7. The summed E-state index contributed by atoms with van der Waals surface area (Å²) in [5, 5.41) is 0. The number of carbonyl (C=O) groups excluding carboxylic acids is 1. The molecule has 30 heavy (non-hydrogen) atoms. The molecule has 5 rings (SSSR count). The Kier molecular flexibility index (Phi) is 4.86. The van der Waals surface area contributed by atoms with Crippen molar-refractivity contribution in [2.24, 2.45) is 11.8 Å². The highest BCUT2D eigenvalue weighted by molar-refractivity contribution is 5.74. The number of aldehydes is 1. The Bertz CT molecular complexity index is 1050. The van der Waals surface area contributed by atoms with Gasteiger partial charge in [-0.15, -0.1) is 0 Å². The number of nitrogens with zero attached hydrogens (tertiary/aromatic N) is 1. The van der Waals surface area contributed by atoms with E-state index in [-0.39, 0.29) is 11.2 Å². The number of ether oxygens (including phenoxy) is 1. The van der Waals surface area contributed by atoms with Gasteiger partial charge in [-0.1, -0.05) is 42.8 Å². The first kappa shape index (κ1) is 19.0. The Balaban J connectivity index is 1.48. The Labute approximate surface area is 175 Å². The highest BCUT2D eigenvalue weighted by Crippen LogP contribution is 2.60. The summed E-state index contributed by atoms with van der Waals surface area (Å²) in [6.45, 7) is 0.308. The lowest BCUT2D eigenvalue weighted by Crippen LogP contribution is -2.35. The zero-order valence-electron chi connectivity index (χ0n) is 16.8. The summed E-state index contributed by atoms with van der Waals surface area (Å²) in [4.78, 5) is 15.3. The fraction of sp³-hybridized carbons (Fsp3) is 0.308. The van der Waals surface area contributed by atoms with E-state index in [4.69, 9.17) is 4.74 Å². The van der Waals surface area contributed by atoms with Gasteiger partial charge in [-0.2, -0.15) is 0 Å². The number of benzene rings is 2. The summed E-state index contributed by atoms with van der Waals surface area (Å²) >= 11 is 0. The summed E-state index contributed by atoms with van der Waals surface area (Å²) in [5.74, 6) is 1.36. The quantitative estimate of drug-likeness (QED) is 0.496. The van der Waals surface area contributed by atoms with Crippen LogP contribution in [0, 0.1) is 17.7 Å². The van der Waals surface area contributed by atoms with Gasteiger partial charge in [-0.25, -0.2) is 4.39 Å². The van der Waals surface area contributed by atoms with Crippen molar-refractivity contribution in [3.8, 4) is 5.75 Å². The summed E-state index contributed by atoms with van der Waals surface area (Å²) in [6.07, 6.45) is 7.03. The average molecular weight is 401 g/mol. The topological polar surface area (TPSA) is 39.2 Å². The molecule has 0 aliphatic heterocycles. The van der Waals surface area contributed by atoms with Gasteiger partial charge in [-0.3, -0.25) is 9.78 Å². The van der Waals surface area contributed by atoms with Gasteiger partial charge in [0.2, 0.25) is 0 Å². The van der Waals surface area contributed by atoms with Crippen LogP contribution in [0.15, 0.2) is 66.9 Å². The van der Waals surface area contributed by atoms with Crippen LogP contribution in [-0.2, 0) is 12.0 Å². The molecule has 2 saturated carbocycles. The highest BCUT2D eigenvalue weighted by Gasteiger charge is 2.53. The van der Waals surface area contributed by atoms with E-state index in [1.54, 1.807) is 6.20 Å². The normalized spacial score (nSPS) is 24.7. The molecule has 4 heteroatoms. The van der Waals surface area contributed by atoms with E-state index in [0.717, 1.165) is 42.4 Å². The van der Waals surface area contributed by atoms with Crippen LogP contribution in [0.4, 0.5) is 4.39 Å². The maximum Gasteiger partial charge on any atom is 0.150 e. The Morgan fingerprint density at radius 2 is 1.97 bits per heavy atom. The van der Waals surface area contributed by atoms with Crippen LogP contribution in [-0.4, -0.2) is 11.3 Å². The molecule has 1 aromatic heterocycles. The SMILES string of the molecule is O=Cc1ccc(C2(c3ccc(OCc4ccccn4)cc3F)CC3CCC2C3)cc1. The number of aromatic nitrogens is 1. The molecule has 2 fully saturated rings. The molecule has 0 N–H and O–H groups in total. The van der Waals surface area contributed by atoms with Crippen molar-refractivity contribution in [3.63, 3.8) is 0 Å². The molecule has 0 spiro atoms. The van der Waals surface area contributed by atoms with Crippen LogP contribution in [0.25, 0.3) is 0 Å². The summed E-state index contributed by atoms with van der Waals surface area (Å²) < 4.78 is 21.3. The number of halogens is 1. The Hall–Kier alpha value is -3.01. The van der Waals surface area contributed by atoms with Crippen molar-refractivity contribution < 1.29 is 13.9 Å². The molecule has 2 bridgehead atoms. The standard InChI is InChI=1S/C26H24FNO2/c27-25-14-23(30-17-22-3-1-2-12-28-22)10-11-24(25)26(15-19-6-9-21(26)13-19)20-7-4-18(16-29)5-8-20/h1-5,7-8,10-12,14,16,19,21H,6,9,13,15,17H2. The molecule has 2 aromatic carbocycles. The molecule has 3 atom stereocenters. The summed E-state index contributed by atoms with van der Waals surface area (Å²) in [6, 6.07) is 18.6. The Morgan fingerprint density at radius 1 is 1.10 bits per heavy atom. The van der Waals surface area contributed by atoms with Crippen molar-refractivity contribution in [1.82, 2.24) is 4.98 Å². The van der Waals surface area contributed by atoms with E-state index in [0.29, 0.717) is 29.8 Å². The number of pyridine rings is 1. The van der Waals surface area contributed by atoms with Gasteiger partial charge in [-0.05, 0) is 60.4 Å². The predicted octanol–water partition coefficient (Wildman–Crippen LogP) is 5.72. The molecule has 2 aliphatic carbocycles. The second-order valence-corrected chi connectivity index (χ2v) is 8.54. The second-order valence-electron chi connectivity index (χ2n) is 8.54. The third kappa shape index (κ3) is 3.20. The number of hydrogen-bond acceptors (Lipinski definition) is 3. The number of hydrogen-bond donors (Lipinski definition) is 0. The average Bonchev–Trinajstić information content (AvgIpc) is 3.41. The molecule has 0 amide bonds. The fourth-order valence-corrected chi connectivity index (χ4v) is 5.62. The molecule has 2 aliphatic rings. The molecule has 3 unspecified atom stereocenters. The monoisotopic (exact) mass is 401 g/mol. The highest BCUT2D eigenvalue weighted by atomic mass is 19.1. The lowest BCUT2D eigenvalue weighted by atomic mass is 9.64. The molecule has 0 radical (unpaired) electrons. The van der Waals surface area contributed by atoms with E-state index < -0.39 is 0 Å². The minimum Gasteiger partial charge on any atom is -0.487 e. The smallest absolute Gasteiger partial charge is 0.150 e. The second kappa shape index (κ2) is 7.67. The van der Waals surface area contributed by atoms with E-state index in [9.17, 15) is 4.79 Å². The molecular formula is C26H24FNO2. The van der Waals surface area contributed by atoms with Gasteiger partial charge < -0.3 is 4.74 Å². The number of rotatable bonds is 6. The van der Waals surface area contributed by atoms with Crippen molar-refractivity contribution in [3.05, 3.63) is 95.1 Å². The van der Waals surface area contributed by atoms with Gasteiger partial charge in [0.25, 0.3) is 0 Å². The van der Waals surface area contributed by atoms with Gasteiger partial charge >= 0.3 is 0 Å². The van der Waals surface area contributed by atoms with Crippen molar-refractivity contribution in [2.45, 2.75) is 37.7 Å². The summed E-state index contributed by atoms with van der Waals surface area (Å²) in [7, 11) is 0. The first-order valence-electron chi connectivity index (χ1n) is 10.6. The predicted molar refractivity (Wildman–Crippen MR) is 113 cm³/mol. The van der Waals surface area contributed by atoms with Crippen LogP contribution >= 0.6 is 0 Å². The molecule has 152 valence electrons. The molecule has 1 heterocycles. The fourth-order valence-electron chi connectivity index (χ4n) is 5.62. The number of fused-ring (bicyclic) bond motifs is 2. The van der Waals surface area contributed by atoms with Gasteiger partial charge in [0.05, 0.1) is 5.69 Å². The van der Waals surface area contributed by atoms with Gasteiger partial charge in [0.15, 0.2) is 0 Å². The maximum absolute atomic E-state index is 15.5. The van der Waals surface area contributed by atoms with Crippen molar-refractivity contribution >= 4 is 6.29 Å². The van der Waals surface area contributed by atoms with E-state index in [2.05, 4.69) is 4.98 Å². The molecule has 3 nitrogen and oxygen atoms in total. The minimum atomic E-state index is -0.325. The molecule has 3 aromatic rings. The zero-order valence-corrected chi connectivity index (χ0v) is 16.8. The number of carbonyl (C=O) groups is 1. The van der Waals surface area contributed by atoms with Crippen LogP contribution in [0.1, 0.15) is 52.9 Å². The van der Waals surface area contributed by atoms with E-state index in [1.807, 2.05) is 54.6 Å². The van der Waals surface area contributed by atoms with E-state index in [1.165, 1.54) is 12.5 Å². The van der Waals surface area contributed by atoms with Gasteiger partial charge in [0, 0.05) is 23.2 Å². The van der Waals surface area contributed by atoms with Crippen LogP contribution in [0.2, 0.25) is 0 Å². The van der Waals surface area contributed by atoms with Crippen molar-refractivity contribution in [2.75, 3.05) is 0 Å². The van der Waals surface area contributed by atoms with Crippen LogP contribution < -0.4 is 4.74 Å². The largest absolute Gasteiger partial charge is 0.487 e. The third-order valence-corrected chi connectivity index (χ3v) is 6.94. The van der Waals surface area contributed by atoms with Gasteiger partial charge in [0.1, 0.15) is 24.5 Å². The summed E-state index contributed by atoms with van der Waals surface area (Å²) in [5.41, 5.74) is 2.99. The van der Waals surface area contributed by atoms with E-state index >= 15 is 4.39 Å². The lowest BCUT2D eigenvalue weighted by molar-refractivity contribution is 0.112. The van der Waals surface area contributed by atoms with Crippen molar-refractivity contribution in [1.29, 1.82) is 0 Å². The zero-order chi connectivity index (χ0) is 20.6. The van der Waals surface area contributed by atoms with Crippen LogP contribution in [0.5, 0.6) is 5.75 Å². The maximum atomic E-state index is 15.5. The minimum absolute atomic E-state index is 0.222. The molecular weight excluding hydrogens is 377 g/mol. The first-order valence-corrected chi connectivity index (χ1v) is 10.6.